The number of esters is 1. The lowest BCUT2D eigenvalue weighted by Gasteiger charge is -2.10. The molecule has 3 aromatic rings. The van der Waals surface area contributed by atoms with E-state index in [2.05, 4.69) is 0 Å². The molecule has 0 spiro atoms. The highest BCUT2D eigenvalue weighted by molar-refractivity contribution is 5.97. The van der Waals surface area contributed by atoms with Gasteiger partial charge in [-0.3, -0.25) is 0 Å². The van der Waals surface area contributed by atoms with E-state index in [0.717, 1.165) is 0 Å². The molecule has 0 atom stereocenters. The molecule has 0 amide bonds. The van der Waals surface area contributed by atoms with Crippen molar-refractivity contribution in [3.63, 3.8) is 0 Å². The number of carboxylic acid groups (broad SMARTS) is 1. The van der Waals surface area contributed by atoms with Gasteiger partial charge in [0.05, 0.1) is 11.1 Å². The third kappa shape index (κ3) is 3.64. The van der Waals surface area contributed by atoms with Gasteiger partial charge in [0.25, 0.3) is 0 Å². The second kappa shape index (κ2) is 6.98. The standard InChI is InChI=1S/C20H16N2O4/c21-14-6-4-12(5-7-14)20(25)26-16-3-1-2-13(10-16)18-11-15(22)8-9-17(18)19(23)24/h1-11H,21-22H2,(H,23,24). The van der Waals surface area contributed by atoms with Crippen LogP contribution >= 0.6 is 0 Å². The van der Waals surface area contributed by atoms with Crippen molar-refractivity contribution in [2.45, 2.75) is 0 Å². The van der Waals surface area contributed by atoms with Gasteiger partial charge in [0.15, 0.2) is 0 Å². The molecule has 26 heavy (non-hydrogen) atoms. The molecule has 6 heteroatoms. The molecule has 3 aromatic carbocycles. The first-order valence-corrected chi connectivity index (χ1v) is 7.75. The van der Waals surface area contributed by atoms with Crippen molar-refractivity contribution < 1.29 is 19.4 Å². The predicted molar refractivity (Wildman–Crippen MR) is 99.1 cm³/mol. The lowest BCUT2D eigenvalue weighted by atomic mass is 9.99. The van der Waals surface area contributed by atoms with Gasteiger partial charge in [-0.15, -0.1) is 0 Å². The highest BCUT2D eigenvalue weighted by Crippen LogP contribution is 2.29. The van der Waals surface area contributed by atoms with Crippen LogP contribution in [0.15, 0.2) is 66.7 Å². The zero-order valence-corrected chi connectivity index (χ0v) is 13.7. The topological polar surface area (TPSA) is 116 Å². The van der Waals surface area contributed by atoms with E-state index in [0.29, 0.717) is 33.8 Å². The average molecular weight is 348 g/mol. The lowest BCUT2D eigenvalue weighted by molar-refractivity contribution is 0.0694. The first-order chi connectivity index (χ1) is 12.4. The normalized spacial score (nSPS) is 10.3. The molecule has 0 saturated heterocycles. The number of nitrogens with two attached hydrogens (primary N) is 2. The highest BCUT2D eigenvalue weighted by Gasteiger charge is 2.14. The van der Waals surface area contributed by atoms with Gasteiger partial charge in [-0.1, -0.05) is 12.1 Å². The zero-order valence-electron chi connectivity index (χ0n) is 13.7. The van der Waals surface area contributed by atoms with Crippen molar-refractivity contribution in [2.75, 3.05) is 11.5 Å². The van der Waals surface area contributed by atoms with Gasteiger partial charge >= 0.3 is 11.9 Å². The Balaban J connectivity index is 1.92. The Morgan fingerprint density at radius 2 is 1.54 bits per heavy atom. The van der Waals surface area contributed by atoms with Crippen molar-refractivity contribution >= 4 is 23.3 Å². The summed E-state index contributed by atoms with van der Waals surface area (Å²) in [6, 6.07) is 17.5. The number of hydrogen-bond donors (Lipinski definition) is 3. The summed E-state index contributed by atoms with van der Waals surface area (Å²) in [7, 11) is 0. The maximum Gasteiger partial charge on any atom is 0.343 e. The van der Waals surface area contributed by atoms with Crippen LogP contribution in [0.3, 0.4) is 0 Å². The van der Waals surface area contributed by atoms with E-state index in [4.69, 9.17) is 16.2 Å². The Hall–Kier alpha value is -3.80. The molecular weight excluding hydrogens is 332 g/mol. The van der Waals surface area contributed by atoms with Crippen LogP contribution in [0.2, 0.25) is 0 Å². The largest absolute Gasteiger partial charge is 0.478 e. The Kier molecular flexibility index (Phi) is 4.57. The van der Waals surface area contributed by atoms with Gasteiger partial charge in [-0.05, 0) is 65.7 Å². The zero-order chi connectivity index (χ0) is 18.7. The van der Waals surface area contributed by atoms with Gasteiger partial charge in [-0.25, -0.2) is 9.59 Å². The summed E-state index contributed by atoms with van der Waals surface area (Å²) in [5, 5.41) is 9.37. The fourth-order valence-electron chi connectivity index (χ4n) is 2.50. The van der Waals surface area contributed by atoms with Crippen molar-refractivity contribution in [3.8, 4) is 16.9 Å². The Labute approximate surface area is 149 Å². The van der Waals surface area contributed by atoms with Gasteiger partial charge in [0.1, 0.15) is 5.75 Å². The molecule has 6 nitrogen and oxygen atoms in total. The third-order valence-corrected chi connectivity index (χ3v) is 3.78. The minimum atomic E-state index is -1.07. The van der Waals surface area contributed by atoms with Crippen LogP contribution in [0.4, 0.5) is 11.4 Å². The molecule has 0 aromatic heterocycles. The Morgan fingerprint density at radius 3 is 2.23 bits per heavy atom. The molecule has 0 aliphatic rings. The second-order valence-corrected chi connectivity index (χ2v) is 5.65. The quantitative estimate of drug-likeness (QED) is 0.378. The minimum Gasteiger partial charge on any atom is -0.478 e. The molecule has 3 rings (SSSR count). The van der Waals surface area contributed by atoms with Crippen LogP contribution in [-0.4, -0.2) is 17.0 Å². The fourth-order valence-corrected chi connectivity index (χ4v) is 2.50. The molecule has 0 aliphatic heterocycles. The number of carbonyl (C=O) groups is 2. The molecule has 0 bridgehead atoms. The first kappa shape index (κ1) is 17.0. The van der Waals surface area contributed by atoms with E-state index in [1.807, 2.05) is 0 Å². The number of aromatic carboxylic acids is 1. The van der Waals surface area contributed by atoms with Gasteiger partial charge in [0, 0.05) is 11.4 Å². The predicted octanol–water partition coefficient (Wildman–Crippen LogP) is 3.44. The smallest absolute Gasteiger partial charge is 0.343 e. The number of anilines is 2. The molecule has 5 N–H and O–H groups in total. The highest BCUT2D eigenvalue weighted by atomic mass is 16.5. The number of ether oxygens (including phenoxy) is 1. The number of hydrogen-bond acceptors (Lipinski definition) is 5. The molecule has 0 unspecified atom stereocenters. The van der Waals surface area contributed by atoms with Crippen LogP contribution in [0, 0.1) is 0 Å². The van der Waals surface area contributed by atoms with E-state index in [1.54, 1.807) is 54.6 Å². The maximum atomic E-state index is 12.2. The van der Waals surface area contributed by atoms with Gasteiger partial charge in [-0.2, -0.15) is 0 Å². The van der Waals surface area contributed by atoms with Crippen LogP contribution in [0.5, 0.6) is 5.75 Å². The summed E-state index contributed by atoms with van der Waals surface area (Å²) < 4.78 is 5.37. The first-order valence-electron chi connectivity index (χ1n) is 7.75. The molecule has 0 saturated carbocycles. The van der Waals surface area contributed by atoms with Crippen molar-refractivity contribution in [3.05, 3.63) is 77.9 Å². The van der Waals surface area contributed by atoms with Crippen LogP contribution in [0.1, 0.15) is 20.7 Å². The summed E-state index contributed by atoms with van der Waals surface area (Å²) in [5.74, 6) is -1.31. The summed E-state index contributed by atoms with van der Waals surface area (Å²) >= 11 is 0. The molecule has 0 fully saturated rings. The van der Waals surface area contributed by atoms with E-state index in [1.165, 1.54) is 12.1 Å². The number of carbonyl (C=O) groups excluding carboxylic acids is 1. The number of benzene rings is 3. The number of carboxylic acids is 1. The van der Waals surface area contributed by atoms with Gasteiger partial charge in [0.2, 0.25) is 0 Å². The van der Waals surface area contributed by atoms with Crippen LogP contribution in [-0.2, 0) is 0 Å². The van der Waals surface area contributed by atoms with Crippen LogP contribution < -0.4 is 16.2 Å². The Bertz CT molecular complexity index is 981. The van der Waals surface area contributed by atoms with Crippen LogP contribution in [0.25, 0.3) is 11.1 Å². The fraction of sp³-hybridized carbons (Fsp3) is 0. The summed E-state index contributed by atoms with van der Waals surface area (Å²) in [6.07, 6.45) is 0. The number of nitrogen functional groups attached to an aromatic ring is 2. The Morgan fingerprint density at radius 1 is 0.846 bits per heavy atom. The van der Waals surface area contributed by atoms with E-state index >= 15 is 0 Å². The van der Waals surface area contributed by atoms with Gasteiger partial charge < -0.3 is 21.3 Å². The molecule has 0 aliphatic carbocycles. The summed E-state index contributed by atoms with van der Waals surface area (Å²) in [4.78, 5) is 23.7. The van der Waals surface area contributed by atoms with E-state index < -0.39 is 11.9 Å². The lowest BCUT2D eigenvalue weighted by Crippen LogP contribution is -2.08. The molecule has 130 valence electrons. The number of rotatable bonds is 4. The monoisotopic (exact) mass is 348 g/mol. The molecule has 0 radical (unpaired) electrons. The van der Waals surface area contributed by atoms with Crippen molar-refractivity contribution in [2.24, 2.45) is 0 Å². The average Bonchev–Trinajstić information content (AvgIpc) is 2.62. The maximum absolute atomic E-state index is 12.2. The summed E-state index contributed by atoms with van der Waals surface area (Å²) in [6.45, 7) is 0. The molecular formula is C20H16N2O4. The second-order valence-electron chi connectivity index (χ2n) is 5.65. The summed E-state index contributed by atoms with van der Waals surface area (Å²) in [5.41, 5.74) is 13.9. The SMILES string of the molecule is Nc1ccc(C(=O)Oc2cccc(-c3cc(N)ccc3C(=O)O)c2)cc1. The minimum absolute atomic E-state index is 0.112. The van der Waals surface area contributed by atoms with Crippen molar-refractivity contribution in [1.29, 1.82) is 0 Å². The van der Waals surface area contributed by atoms with Crippen molar-refractivity contribution in [1.82, 2.24) is 0 Å². The molecule has 0 heterocycles. The van der Waals surface area contributed by atoms with E-state index in [-0.39, 0.29) is 5.56 Å². The van der Waals surface area contributed by atoms with E-state index in [9.17, 15) is 14.7 Å². The third-order valence-electron chi connectivity index (χ3n) is 3.78.